The van der Waals surface area contributed by atoms with Crippen LogP contribution in [0.5, 0.6) is 11.8 Å². The van der Waals surface area contributed by atoms with E-state index in [-0.39, 0.29) is 11.9 Å². The molecule has 1 aromatic heterocycles. The number of rotatable bonds is 5. The zero-order valence-electron chi connectivity index (χ0n) is 16.8. The first-order chi connectivity index (χ1) is 14.6. The molecule has 0 spiro atoms. The Morgan fingerprint density at radius 1 is 0.767 bits per heavy atom. The van der Waals surface area contributed by atoms with Crippen LogP contribution in [0.15, 0.2) is 84.9 Å². The molecule has 0 aliphatic rings. The summed E-state index contributed by atoms with van der Waals surface area (Å²) >= 11 is 0. The summed E-state index contributed by atoms with van der Waals surface area (Å²) in [6, 6.07) is 26.9. The van der Waals surface area contributed by atoms with Crippen molar-refractivity contribution in [2.24, 2.45) is 0 Å². The molecule has 5 nitrogen and oxygen atoms in total. The lowest BCUT2D eigenvalue weighted by Gasteiger charge is -2.09. The lowest BCUT2D eigenvalue weighted by molar-refractivity contribution is 0.102. The molecule has 4 rings (SSSR count). The Balaban J connectivity index is 1.46. The van der Waals surface area contributed by atoms with Gasteiger partial charge in [-0.3, -0.25) is 4.79 Å². The maximum absolute atomic E-state index is 12.6. The number of anilines is 1. The summed E-state index contributed by atoms with van der Waals surface area (Å²) in [7, 11) is 0. The van der Waals surface area contributed by atoms with E-state index in [1.807, 2.05) is 86.6 Å². The van der Waals surface area contributed by atoms with Crippen molar-refractivity contribution < 1.29 is 9.53 Å². The van der Waals surface area contributed by atoms with Crippen LogP contribution in [0.1, 0.15) is 21.7 Å². The maximum Gasteiger partial charge on any atom is 0.322 e. The minimum atomic E-state index is -0.186. The highest BCUT2D eigenvalue weighted by atomic mass is 16.5. The standard InChI is InChI=1S/C25H21N3O2/c1-17-15-18(2)27-25(26-17)30-23-10-6-9-22(16-23)28-24(29)21-13-11-20(12-14-21)19-7-4-3-5-8-19/h3-16H,1-2H3,(H,28,29). The van der Waals surface area contributed by atoms with Gasteiger partial charge in [0.25, 0.3) is 5.91 Å². The van der Waals surface area contributed by atoms with Gasteiger partial charge in [0, 0.05) is 28.7 Å². The third kappa shape index (κ3) is 4.70. The molecule has 5 heteroatoms. The molecule has 0 radical (unpaired) electrons. The van der Waals surface area contributed by atoms with Crippen molar-refractivity contribution in [3.63, 3.8) is 0 Å². The van der Waals surface area contributed by atoms with E-state index in [0.717, 1.165) is 22.5 Å². The molecule has 0 unspecified atom stereocenters. The molecule has 0 atom stereocenters. The van der Waals surface area contributed by atoms with Crippen LogP contribution in [0.25, 0.3) is 11.1 Å². The molecule has 30 heavy (non-hydrogen) atoms. The maximum atomic E-state index is 12.6. The Morgan fingerprint density at radius 3 is 2.13 bits per heavy atom. The summed E-state index contributed by atoms with van der Waals surface area (Å²) in [6.45, 7) is 3.78. The highest BCUT2D eigenvalue weighted by molar-refractivity contribution is 6.04. The normalized spacial score (nSPS) is 10.5. The SMILES string of the molecule is Cc1cc(C)nc(Oc2cccc(NC(=O)c3ccc(-c4ccccc4)cc3)c2)n1. The highest BCUT2D eigenvalue weighted by Crippen LogP contribution is 2.23. The first-order valence-corrected chi connectivity index (χ1v) is 9.64. The van der Waals surface area contributed by atoms with E-state index in [2.05, 4.69) is 15.3 Å². The van der Waals surface area contributed by atoms with Crippen LogP contribution in [0, 0.1) is 13.8 Å². The van der Waals surface area contributed by atoms with E-state index < -0.39 is 0 Å². The van der Waals surface area contributed by atoms with Gasteiger partial charge in [0.1, 0.15) is 5.75 Å². The van der Waals surface area contributed by atoms with Crippen LogP contribution < -0.4 is 10.1 Å². The molecule has 1 heterocycles. The average Bonchev–Trinajstić information content (AvgIpc) is 2.74. The fourth-order valence-electron chi connectivity index (χ4n) is 3.13. The molecular weight excluding hydrogens is 374 g/mol. The number of nitrogens with zero attached hydrogens (tertiary/aromatic N) is 2. The van der Waals surface area contributed by atoms with E-state index in [1.165, 1.54) is 0 Å². The van der Waals surface area contributed by atoms with Crippen molar-refractivity contribution >= 4 is 11.6 Å². The van der Waals surface area contributed by atoms with Crippen LogP contribution in [0.3, 0.4) is 0 Å². The second-order valence-electron chi connectivity index (χ2n) is 6.96. The number of hydrogen-bond donors (Lipinski definition) is 1. The monoisotopic (exact) mass is 395 g/mol. The van der Waals surface area contributed by atoms with Crippen molar-refractivity contribution in [3.05, 3.63) is 102 Å². The van der Waals surface area contributed by atoms with Gasteiger partial charge in [-0.1, -0.05) is 48.5 Å². The Bertz CT molecular complexity index is 1150. The predicted octanol–water partition coefficient (Wildman–Crippen LogP) is 5.81. The number of ether oxygens (including phenoxy) is 1. The third-order valence-electron chi connectivity index (χ3n) is 4.52. The smallest absolute Gasteiger partial charge is 0.322 e. The molecule has 1 N–H and O–H groups in total. The van der Waals surface area contributed by atoms with Gasteiger partial charge in [0.15, 0.2) is 0 Å². The zero-order chi connectivity index (χ0) is 20.9. The van der Waals surface area contributed by atoms with Crippen molar-refractivity contribution in [1.82, 2.24) is 9.97 Å². The number of carbonyl (C=O) groups is 1. The van der Waals surface area contributed by atoms with E-state index in [0.29, 0.717) is 17.0 Å². The van der Waals surface area contributed by atoms with Gasteiger partial charge >= 0.3 is 6.01 Å². The number of hydrogen-bond acceptors (Lipinski definition) is 4. The quantitative estimate of drug-likeness (QED) is 0.463. The van der Waals surface area contributed by atoms with Crippen LogP contribution in [-0.4, -0.2) is 15.9 Å². The Kier molecular flexibility index (Phi) is 5.52. The van der Waals surface area contributed by atoms with E-state index in [9.17, 15) is 4.79 Å². The van der Waals surface area contributed by atoms with Crippen LogP contribution in [0.2, 0.25) is 0 Å². The van der Waals surface area contributed by atoms with E-state index in [1.54, 1.807) is 12.1 Å². The average molecular weight is 395 g/mol. The highest BCUT2D eigenvalue weighted by Gasteiger charge is 2.09. The molecule has 0 saturated heterocycles. The Hall–Kier alpha value is -3.99. The van der Waals surface area contributed by atoms with Gasteiger partial charge in [-0.25, -0.2) is 9.97 Å². The summed E-state index contributed by atoms with van der Waals surface area (Å²) in [5.74, 6) is 0.367. The number of carbonyl (C=O) groups excluding carboxylic acids is 1. The molecular formula is C25H21N3O2. The second kappa shape index (κ2) is 8.57. The van der Waals surface area contributed by atoms with E-state index >= 15 is 0 Å². The number of nitrogens with one attached hydrogen (secondary N) is 1. The minimum Gasteiger partial charge on any atom is -0.424 e. The van der Waals surface area contributed by atoms with Crippen molar-refractivity contribution in [2.45, 2.75) is 13.8 Å². The van der Waals surface area contributed by atoms with Crippen LogP contribution in [0.4, 0.5) is 5.69 Å². The molecule has 0 aliphatic carbocycles. The van der Waals surface area contributed by atoms with Crippen molar-refractivity contribution in [2.75, 3.05) is 5.32 Å². The molecule has 0 aliphatic heterocycles. The van der Waals surface area contributed by atoms with Crippen LogP contribution >= 0.6 is 0 Å². The minimum absolute atomic E-state index is 0.186. The fourth-order valence-corrected chi connectivity index (χ4v) is 3.13. The van der Waals surface area contributed by atoms with E-state index in [4.69, 9.17) is 4.74 Å². The van der Waals surface area contributed by atoms with Gasteiger partial charge in [-0.05, 0) is 55.3 Å². The van der Waals surface area contributed by atoms with Gasteiger partial charge < -0.3 is 10.1 Å². The summed E-state index contributed by atoms with van der Waals surface area (Å²) in [5, 5.41) is 2.91. The van der Waals surface area contributed by atoms with Crippen molar-refractivity contribution in [1.29, 1.82) is 0 Å². The Morgan fingerprint density at radius 2 is 1.43 bits per heavy atom. The first kappa shape index (κ1) is 19.3. The largest absolute Gasteiger partial charge is 0.424 e. The number of aromatic nitrogens is 2. The number of aryl methyl sites for hydroxylation is 2. The molecule has 148 valence electrons. The van der Waals surface area contributed by atoms with Gasteiger partial charge in [-0.15, -0.1) is 0 Å². The molecule has 4 aromatic rings. The molecule has 3 aromatic carbocycles. The number of benzene rings is 3. The molecule has 1 amide bonds. The van der Waals surface area contributed by atoms with Gasteiger partial charge in [-0.2, -0.15) is 0 Å². The fraction of sp³-hybridized carbons (Fsp3) is 0.0800. The van der Waals surface area contributed by atoms with Crippen molar-refractivity contribution in [3.8, 4) is 22.9 Å². The zero-order valence-corrected chi connectivity index (χ0v) is 16.8. The topological polar surface area (TPSA) is 64.1 Å². The van der Waals surface area contributed by atoms with Gasteiger partial charge in [0.05, 0.1) is 0 Å². The lowest BCUT2D eigenvalue weighted by Crippen LogP contribution is -2.11. The number of amides is 1. The second-order valence-corrected chi connectivity index (χ2v) is 6.96. The predicted molar refractivity (Wildman–Crippen MR) is 118 cm³/mol. The Labute approximate surface area is 175 Å². The molecule has 0 saturated carbocycles. The molecule has 0 fully saturated rings. The third-order valence-corrected chi connectivity index (χ3v) is 4.52. The summed E-state index contributed by atoms with van der Waals surface area (Å²) in [4.78, 5) is 21.2. The lowest BCUT2D eigenvalue weighted by atomic mass is 10.0. The summed E-state index contributed by atoms with van der Waals surface area (Å²) < 4.78 is 5.76. The van der Waals surface area contributed by atoms with Crippen LogP contribution in [-0.2, 0) is 0 Å². The molecule has 0 bridgehead atoms. The summed E-state index contributed by atoms with van der Waals surface area (Å²) in [5.41, 5.74) is 5.06. The van der Waals surface area contributed by atoms with Gasteiger partial charge in [0.2, 0.25) is 0 Å². The first-order valence-electron chi connectivity index (χ1n) is 9.64. The summed E-state index contributed by atoms with van der Waals surface area (Å²) in [6.07, 6.45) is 0.